The summed E-state index contributed by atoms with van der Waals surface area (Å²) in [5.74, 6) is 0. The van der Waals surface area contributed by atoms with Crippen LogP contribution >= 0.6 is 0 Å². The number of allylic oxidation sites excluding steroid dienone is 2. The molecule has 20 heavy (non-hydrogen) atoms. The second kappa shape index (κ2) is 6.20. The van der Waals surface area contributed by atoms with E-state index in [-0.39, 0.29) is 0 Å². The molecule has 1 aliphatic rings. The molecule has 0 fully saturated rings. The van der Waals surface area contributed by atoms with Crippen molar-refractivity contribution in [3.05, 3.63) is 48.6 Å². The van der Waals surface area contributed by atoms with E-state index in [0.717, 1.165) is 0 Å². The van der Waals surface area contributed by atoms with E-state index in [4.69, 9.17) is 0 Å². The molecule has 2 nitrogen and oxygen atoms in total. The maximum absolute atomic E-state index is 3.85. The van der Waals surface area contributed by atoms with Crippen molar-refractivity contribution in [2.24, 2.45) is 0 Å². The molecule has 0 aromatic heterocycles. The Bertz CT molecular complexity index is 461. The number of rotatable bonds is 7. The second-order valence-electron chi connectivity index (χ2n) is 7.01. The van der Waals surface area contributed by atoms with Gasteiger partial charge in [0.2, 0.25) is 0 Å². The SMILES string of the molecule is C[Si](C)(CC[Si](C)(C)NC1C=CC=C1)Nc1cc[cH-]c1. The highest BCUT2D eigenvalue weighted by Crippen LogP contribution is 2.22. The minimum Gasteiger partial charge on any atom is -0.474 e. The van der Waals surface area contributed by atoms with Crippen molar-refractivity contribution in [3.63, 3.8) is 0 Å². The van der Waals surface area contributed by atoms with Gasteiger partial charge in [-0.15, -0.1) is 5.69 Å². The van der Waals surface area contributed by atoms with Crippen LogP contribution < -0.4 is 9.96 Å². The zero-order valence-electron chi connectivity index (χ0n) is 13.1. The largest absolute Gasteiger partial charge is 0.474 e. The quantitative estimate of drug-likeness (QED) is 0.579. The molecule has 0 bridgehead atoms. The molecule has 1 aromatic rings. The first kappa shape index (κ1) is 15.4. The Labute approximate surface area is 125 Å². The van der Waals surface area contributed by atoms with Gasteiger partial charge in [0.25, 0.3) is 0 Å². The topological polar surface area (TPSA) is 24.1 Å². The van der Waals surface area contributed by atoms with E-state index in [0.29, 0.717) is 6.04 Å². The van der Waals surface area contributed by atoms with E-state index in [2.05, 4.69) is 84.7 Å². The van der Waals surface area contributed by atoms with E-state index in [9.17, 15) is 0 Å². The zero-order valence-corrected chi connectivity index (χ0v) is 15.1. The molecule has 0 amide bonds. The van der Waals surface area contributed by atoms with Crippen molar-refractivity contribution in [3.8, 4) is 0 Å². The molecule has 2 N–H and O–H groups in total. The lowest BCUT2D eigenvalue weighted by atomic mass is 10.4. The first-order valence-electron chi connectivity index (χ1n) is 7.49. The summed E-state index contributed by atoms with van der Waals surface area (Å²) in [5, 5.41) is 0. The molecule has 110 valence electrons. The Morgan fingerprint density at radius 3 is 2.30 bits per heavy atom. The Kier molecular flexibility index (Phi) is 4.78. The molecule has 1 aliphatic carbocycles. The molecule has 0 unspecified atom stereocenters. The van der Waals surface area contributed by atoms with Gasteiger partial charge in [-0.1, -0.05) is 50.5 Å². The minimum absolute atomic E-state index is 0.462. The van der Waals surface area contributed by atoms with Crippen LogP contribution in [0.5, 0.6) is 0 Å². The first-order chi connectivity index (χ1) is 9.36. The molecule has 0 saturated heterocycles. The Morgan fingerprint density at radius 1 is 1.05 bits per heavy atom. The molecule has 0 radical (unpaired) electrons. The van der Waals surface area contributed by atoms with Crippen LogP contribution in [0.15, 0.2) is 48.6 Å². The van der Waals surface area contributed by atoms with Crippen LogP contribution in [0.1, 0.15) is 0 Å². The highest BCUT2D eigenvalue weighted by molar-refractivity contribution is 6.83. The summed E-state index contributed by atoms with van der Waals surface area (Å²) in [6.45, 7) is 9.75. The predicted molar refractivity (Wildman–Crippen MR) is 95.4 cm³/mol. The number of anilines is 1. The molecule has 0 heterocycles. The summed E-state index contributed by atoms with van der Waals surface area (Å²) < 4.78 is 0. The Balaban J connectivity index is 1.82. The summed E-state index contributed by atoms with van der Waals surface area (Å²) in [7, 11) is -2.70. The van der Waals surface area contributed by atoms with Gasteiger partial charge < -0.3 is 9.96 Å². The standard InChI is InChI=1S/C16H27N2Si2/c1-19(2,17-15-9-5-6-10-15)13-14-20(3,4)18-16-11-7-8-12-16/h5-12,15,17-18H,13-14H2,1-4H3/q-1. The highest BCUT2D eigenvalue weighted by atomic mass is 28.3. The summed E-state index contributed by atoms with van der Waals surface area (Å²) >= 11 is 0. The highest BCUT2D eigenvalue weighted by Gasteiger charge is 2.28. The molecule has 1 aromatic carbocycles. The van der Waals surface area contributed by atoms with Gasteiger partial charge in [-0.25, -0.2) is 0 Å². The van der Waals surface area contributed by atoms with E-state index in [1.807, 2.05) is 0 Å². The van der Waals surface area contributed by atoms with E-state index in [1.165, 1.54) is 17.8 Å². The molecular weight excluding hydrogens is 276 g/mol. The van der Waals surface area contributed by atoms with Gasteiger partial charge in [0.1, 0.15) is 16.5 Å². The average Bonchev–Trinajstić information content (AvgIpc) is 2.99. The number of nitrogens with one attached hydrogen (secondary N) is 2. The van der Waals surface area contributed by atoms with Crippen molar-refractivity contribution in [1.29, 1.82) is 0 Å². The third kappa shape index (κ3) is 4.85. The smallest absolute Gasteiger partial charge is 0.135 e. The number of hydrogen-bond donors (Lipinski definition) is 2. The Morgan fingerprint density at radius 2 is 1.70 bits per heavy atom. The van der Waals surface area contributed by atoms with Crippen molar-refractivity contribution >= 4 is 22.2 Å². The predicted octanol–water partition coefficient (Wildman–Crippen LogP) is 4.31. The fourth-order valence-electron chi connectivity index (χ4n) is 2.59. The van der Waals surface area contributed by atoms with Crippen molar-refractivity contribution < 1.29 is 0 Å². The van der Waals surface area contributed by atoms with Crippen molar-refractivity contribution in [2.75, 3.05) is 4.98 Å². The molecule has 4 heteroatoms. The van der Waals surface area contributed by atoms with E-state index >= 15 is 0 Å². The lowest BCUT2D eigenvalue weighted by Gasteiger charge is -2.33. The summed E-state index contributed by atoms with van der Waals surface area (Å²) in [6.07, 6.45) is 8.77. The molecule has 0 spiro atoms. The van der Waals surface area contributed by atoms with E-state index < -0.39 is 16.5 Å². The van der Waals surface area contributed by atoms with Crippen LogP contribution in [0.3, 0.4) is 0 Å². The third-order valence-corrected chi connectivity index (χ3v) is 9.41. The molecule has 0 atom stereocenters. The Hall–Kier alpha value is -0.976. The van der Waals surface area contributed by atoms with Crippen LogP contribution in [-0.2, 0) is 0 Å². The van der Waals surface area contributed by atoms with Gasteiger partial charge in [0, 0.05) is 6.04 Å². The fraction of sp³-hybridized carbons (Fsp3) is 0.438. The monoisotopic (exact) mass is 303 g/mol. The zero-order chi connectivity index (χ0) is 14.6. The minimum atomic E-state index is -1.36. The van der Waals surface area contributed by atoms with Gasteiger partial charge in [0.05, 0.1) is 0 Å². The molecular formula is C16H27N2Si2-. The average molecular weight is 304 g/mol. The number of hydrogen-bond acceptors (Lipinski definition) is 2. The molecule has 0 aliphatic heterocycles. The normalized spacial score (nSPS) is 16.0. The van der Waals surface area contributed by atoms with Crippen LogP contribution in [0.25, 0.3) is 0 Å². The summed E-state index contributed by atoms with van der Waals surface area (Å²) in [5.41, 5.74) is 1.29. The summed E-state index contributed by atoms with van der Waals surface area (Å²) in [6, 6.07) is 11.7. The van der Waals surface area contributed by atoms with Crippen LogP contribution in [-0.4, -0.2) is 22.5 Å². The molecule has 2 rings (SSSR count). The van der Waals surface area contributed by atoms with Gasteiger partial charge in [-0.2, -0.15) is 24.3 Å². The van der Waals surface area contributed by atoms with Gasteiger partial charge in [0.15, 0.2) is 0 Å². The van der Waals surface area contributed by atoms with Gasteiger partial charge in [-0.3, -0.25) is 0 Å². The maximum atomic E-state index is 3.85. The lowest BCUT2D eigenvalue weighted by Crippen LogP contribution is -2.50. The maximum Gasteiger partial charge on any atom is 0.135 e. The first-order valence-corrected chi connectivity index (χ1v) is 13.9. The van der Waals surface area contributed by atoms with Crippen LogP contribution in [0, 0.1) is 0 Å². The van der Waals surface area contributed by atoms with Gasteiger partial charge in [-0.05, 0) is 12.1 Å². The van der Waals surface area contributed by atoms with Crippen LogP contribution in [0.4, 0.5) is 5.69 Å². The summed E-state index contributed by atoms with van der Waals surface area (Å²) in [4.78, 5) is 7.62. The third-order valence-electron chi connectivity index (χ3n) is 3.83. The van der Waals surface area contributed by atoms with Crippen LogP contribution in [0.2, 0.25) is 38.3 Å². The second-order valence-corrected chi connectivity index (χ2v) is 16.1. The van der Waals surface area contributed by atoms with E-state index in [1.54, 1.807) is 0 Å². The van der Waals surface area contributed by atoms with Gasteiger partial charge >= 0.3 is 0 Å². The fourth-order valence-corrected chi connectivity index (χ4v) is 9.90. The lowest BCUT2D eigenvalue weighted by molar-refractivity contribution is 0.879. The van der Waals surface area contributed by atoms with Crippen molar-refractivity contribution in [1.82, 2.24) is 4.98 Å². The molecule has 0 saturated carbocycles. The van der Waals surface area contributed by atoms with Crippen molar-refractivity contribution in [2.45, 2.75) is 44.3 Å².